The van der Waals surface area contributed by atoms with Gasteiger partial charge < -0.3 is 14.6 Å². The van der Waals surface area contributed by atoms with Crippen LogP contribution in [0.3, 0.4) is 0 Å². The number of carbonyl (C=O) groups is 4. The smallest absolute Gasteiger partial charge is 0.333 e. The van der Waals surface area contributed by atoms with E-state index < -0.39 is 17.8 Å². The number of rotatable bonds is 7. The zero-order valence-corrected chi connectivity index (χ0v) is 22.5. The van der Waals surface area contributed by atoms with Gasteiger partial charge in [0.2, 0.25) is 5.91 Å². The van der Waals surface area contributed by atoms with Gasteiger partial charge in [0.05, 0.1) is 6.42 Å². The lowest BCUT2D eigenvalue weighted by Crippen LogP contribution is -2.50. The molecule has 2 aromatic rings. The Labute approximate surface area is 224 Å². The van der Waals surface area contributed by atoms with E-state index in [2.05, 4.69) is 43.9 Å². The first kappa shape index (κ1) is 27.4. The summed E-state index contributed by atoms with van der Waals surface area (Å²) >= 11 is 0. The molecule has 38 heavy (non-hydrogen) atoms. The van der Waals surface area contributed by atoms with E-state index in [1.807, 2.05) is 41.3 Å². The minimum absolute atomic E-state index is 0.00235. The highest BCUT2D eigenvalue weighted by Crippen LogP contribution is 2.32. The van der Waals surface area contributed by atoms with Crippen molar-refractivity contribution in [1.82, 2.24) is 9.96 Å². The van der Waals surface area contributed by atoms with Crippen LogP contribution in [0.1, 0.15) is 57.6 Å². The molecule has 0 atom stereocenters. The Kier molecular flexibility index (Phi) is 8.49. The molecule has 0 spiro atoms. The monoisotopic (exact) mass is 519 g/mol. The fourth-order valence-corrected chi connectivity index (χ4v) is 5.11. The normalized spacial score (nSPS) is 17.1. The summed E-state index contributed by atoms with van der Waals surface area (Å²) in [6.45, 7) is 9.25. The molecule has 0 aromatic heterocycles. The van der Waals surface area contributed by atoms with Crippen molar-refractivity contribution in [3.8, 4) is 0 Å². The van der Waals surface area contributed by atoms with Crippen LogP contribution in [0.25, 0.3) is 0 Å². The number of hydrogen-bond acceptors (Lipinski definition) is 6. The van der Waals surface area contributed by atoms with Crippen LogP contribution in [0.5, 0.6) is 0 Å². The summed E-state index contributed by atoms with van der Waals surface area (Å²) in [6, 6.07) is 17.9. The molecule has 2 heterocycles. The summed E-state index contributed by atoms with van der Waals surface area (Å²) in [5.74, 6) is -2.21. The lowest BCUT2D eigenvalue weighted by atomic mass is 9.85. The van der Waals surface area contributed by atoms with E-state index in [1.165, 1.54) is 11.3 Å². The van der Waals surface area contributed by atoms with E-state index in [0.29, 0.717) is 24.6 Å². The highest BCUT2D eigenvalue weighted by atomic mass is 16.7. The average Bonchev–Trinajstić information content (AvgIpc) is 2.90. The van der Waals surface area contributed by atoms with E-state index in [4.69, 9.17) is 4.84 Å². The van der Waals surface area contributed by atoms with Crippen molar-refractivity contribution in [2.45, 2.75) is 58.3 Å². The molecule has 8 nitrogen and oxygen atoms in total. The average molecular weight is 520 g/mol. The van der Waals surface area contributed by atoms with Crippen molar-refractivity contribution in [3.63, 3.8) is 0 Å². The molecule has 2 aromatic carbocycles. The Morgan fingerprint density at radius 1 is 0.868 bits per heavy atom. The predicted octanol–water partition coefficient (Wildman–Crippen LogP) is 3.88. The summed E-state index contributed by atoms with van der Waals surface area (Å²) in [4.78, 5) is 59.6. The van der Waals surface area contributed by atoms with Gasteiger partial charge in [0.1, 0.15) is 0 Å². The number of benzene rings is 2. The maximum Gasteiger partial charge on any atom is 0.333 e. The lowest BCUT2D eigenvalue weighted by molar-refractivity contribution is -0.207. The summed E-state index contributed by atoms with van der Waals surface area (Å²) in [6.07, 6.45) is 0.661. The second kappa shape index (κ2) is 11.8. The number of hydrogen-bond donors (Lipinski definition) is 0. The van der Waals surface area contributed by atoms with Crippen LogP contribution in [0.15, 0.2) is 54.6 Å². The summed E-state index contributed by atoms with van der Waals surface area (Å²) in [7, 11) is 0. The van der Waals surface area contributed by atoms with Gasteiger partial charge in [-0.15, -0.1) is 5.06 Å². The van der Waals surface area contributed by atoms with E-state index in [-0.39, 0.29) is 42.9 Å². The predicted molar refractivity (Wildman–Crippen MR) is 144 cm³/mol. The van der Waals surface area contributed by atoms with Crippen molar-refractivity contribution in [1.29, 1.82) is 0 Å². The number of hydroxylamine groups is 2. The molecule has 0 aliphatic carbocycles. The standard InChI is InChI=1S/C30H37N3O5/c1-30(2,3)24-11-7-8-12-25(24)31-15-17-32(18-16-31)26(34)19-23-20-27(35)33(28(36)21-23)38-29(37)14-13-22-9-5-4-6-10-22/h4-12,23H,13-21H2,1-3H3. The number of nitrogens with zero attached hydrogens (tertiary/aromatic N) is 3. The number of anilines is 1. The van der Waals surface area contributed by atoms with Crippen LogP contribution < -0.4 is 4.90 Å². The fourth-order valence-electron chi connectivity index (χ4n) is 5.11. The van der Waals surface area contributed by atoms with Gasteiger partial charge in [-0.1, -0.05) is 69.3 Å². The van der Waals surface area contributed by atoms with Gasteiger partial charge in [-0.25, -0.2) is 4.79 Å². The molecule has 0 bridgehead atoms. The van der Waals surface area contributed by atoms with Gasteiger partial charge >= 0.3 is 5.97 Å². The molecule has 4 rings (SSSR count). The number of piperidine rings is 1. The van der Waals surface area contributed by atoms with E-state index in [9.17, 15) is 19.2 Å². The minimum atomic E-state index is -0.629. The lowest BCUT2D eigenvalue weighted by Gasteiger charge is -2.39. The van der Waals surface area contributed by atoms with Gasteiger partial charge in [0.15, 0.2) is 0 Å². The number of imide groups is 1. The van der Waals surface area contributed by atoms with Crippen LogP contribution in [-0.2, 0) is 35.9 Å². The van der Waals surface area contributed by atoms with E-state index >= 15 is 0 Å². The number of aryl methyl sites for hydroxylation is 1. The Morgan fingerprint density at radius 3 is 2.11 bits per heavy atom. The SMILES string of the molecule is CC(C)(C)c1ccccc1N1CCN(C(=O)CC2CC(=O)N(OC(=O)CCc3ccccc3)C(=O)C2)CC1. The van der Waals surface area contributed by atoms with Crippen molar-refractivity contribution in [2.75, 3.05) is 31.1 Å². The maximum atomic E-state index is 13.0. The van der Waals surface area contributed by atoms with Crippen molar-refractivity contribution in [3.05, 3.63) is 65.7 Å². The van der Waals surface area contributed by atoms with Crippen LogP contribution in [0.2, 0.25) is 0 Å². The number of para-hydroxylation sites is 1. The molecule has 0 N–H and O–H groups in total. The topological polar surface area (TPSA) is 87.2 Å². The molecular weight excluding hydrogens is 482 g/mol. The Balaban J connectivity index is 1.24. The van der Waals surface area contributed by atoms with Crippen LogP contribution in [-0.4, -0.2) is 59.8 Å². The third-order valence-corrected chi connectivity index (χ3v) is 7.18. The maximum absolute atomic E-state index is 13.0. The number of carbonyl (C=O) groups excluding carboxylic acids is 4. The molecule has 8 heteroatoms. The summed E-state index contributed by atoms with van der Waals surface area (Å²) < 4.78 is 0. The van der Waals surface area contributed by atoms with Crippen molar-refractivity contribution < 1.29 is 24.0 Å². The van der Waals surface area contributed by atoms with E-state index in [1.54, 1.807) is 0 Å². The molecule has 2 aliphatic rings. The van der Waals surface area contributed by atoms with Gasteiger partial charge in [-0.3, -0.25) is 14.4 Å². The highest BCUT2D eigenvalue weighted by molar-refractivity contribution is 5.98. The quantitative estimate of drug-likeness (QED) is 0.516. The Morgan fingerprint density at radius 2 is 1.47 bits per heavy atom. The summed E-state index contributed by atoms with van der Waals surface area (Å²) in [5, 5.41) is 0.583. The van der Waals surface area contributed by atoms with Crippen molar-refractivity contribution in [2.24, 2.45) is 5.92 Å². The van der Waals surface area contributed by atoms with Gasteiger partial charge in [0, 0.05) is 51.1 Å². The largest absolute Gasteiger partial charge is 0.368 e. The Bertz CT molecular complexity index is 1150. The zero-order chi connectivity index (χ0) is 27.3. The zero-order valence-electron chi connectivity index (χ0n) is 22.5. The van der Waals surface area contributed by atoms with Crippen LogP contribution >= 0.6 is 0 Å². The molecule has 0 radical (unpaired) electrons. The van der Waals surface area contributed by atoms with Crippen LogP contribution in [0.4, 0.5) is 5.69 Å². The molecule has 3 amide bonds. The first-order valence-electron chi connectivity index (χ1n) is 13.3. The molecule has 0 saturated carbocycles. The number of piperazine rings is 1. The second-order valence-electron chi connectivity index (χ2n) is 11.1. The van der Waals surface area contributed by atoms with Gasteiger partial charge in [0.25, 0.3) is 11.8 Å². The van der Waals surface area contributed by atoms with Crippen molar-refractivity contribution >= 4 is 29.4 Å². The number of amides is 3. The van der Waals surface area contributed by atoms with Gasteiger partial charge in [-0.2, -0.15) is 0 Å². The summed E-state index contributed by atoms with van der Waals surface area (Å²) in [5.41, 5.74) is 3.48. The highest BCUT2D eigenvalue weighted by Gasteiger charge is 2.37. The van der Waals surface area contributed by atoms with E-state index in [0.717, 1.165) is 18.7 Å². The molecular formula is C30H37N3O5. The third-order valence-electron chi connectivity index (χ3n) is 7.18. The first-order chi connectivity index (χ1) is 18.1. The van der Waals surface area contributed by atoms with Crippen LogP contribution in [0, 0.1) is 5.92 Å². The molecule has 0 unspecified atom stereocenters. The first-order valence-corrected chi connectivity index (χ1v) is 13.3. The molecule has 2 fully saturated rings. The Hall–Kier alpha value is -3.68. The third kappa shape index (κ3) is 6.79. The minimum Gasteiger partial charge on any atom is -0.368 e. The second-order valence-corrected chi connectivity index (χ2v) is 11.1. The fraction of sp³-hybridized carbons (Fsp3) is 0.467. The van der Waals surface area contributed by atoms with Gasteiger partial charge in [-0.05, 0) is 34.9 Å². The molecule has 202 valence electrons. The molecule has 2 aliphatic heterocycles. The molecule has 2 saturated heterocycles.